The van der Waals surface area contributed by atoms with Crippen LogP contribution in [0.1, 0.15) is 35.0 Å². The van der Waals surface area contributed by atoms with Gasteiger partial charge in [0.1, 0.15) is 0 Å². The Morgan fingerprint density at radius 3 is 2.88 bits per heavy atom. The van der Waals surface area contributed by atoms with Gasteiger partial charge in [0.25, 0.3) is 5.91 Å². The molecular weight excluding hydrogens is 306 g/mol. The molecule has 0 atom stereocenters. The predicted molar refractivity (Wildman–Crippen MR) is 91.0 cm³/mol. The van der Waals surface area contributed by atoms with Crippen molar-refractivity contribution in [2.24, 2.45) is 0 Å². The number of carboxylic acids is 1. The van der Waals surface area contributed by atoms with Crippen LogP contribution in [0, 0.1) is 0 Å². The highest BCUT2D eigenvalue weighted by Gasteiger charge is 2.25. The molecule has 0 bridgehead atoms. The van der Waals surface area contributed by atoms with Gasteiger partial charge in [0.05, 0.1) is 17.5 Å². The number of carbonyl (C=O) groups excluding carboxylic acids is 1. The zero-order valence-electron chi connectivity index (χ0n) is 13.7. The summed E-state index contributed by atoms with van der Waals surface area (Å²) in [6.07, 6.45) is 0.738. The summed E-state index contributed by atoms with van der Waals surface area (Å²) in [5.41, 5.74) is 3.39. The van der Waals surface area contributed by atoms with Crippen LogP contribution < -0.4 is 5.32 Å². The smallest absolute Gasteiger partial charge is 0.305 e. The molecule has 1 aliphatic rings. The van der Waals surface area contributed by atoms with Crippen molar-refractivity contribution in [3.8, 4) is 0 Å². The summed E-state index contributed by atoms with van der Waals surface area (Å²) in [5.74, 6) is -1.14. The van der Waals surface area contributed by atoms with E-state index in [2.05, 4.69) is 17.1 Å². The van der Waals surface area contributed by atoms with E-state index in [4.69, 9.17) is 10.1 Å². The van der Waals surface area contributed by atoms with Crippen LogP contribution >= 0.6 is 0 Å². The van der Waals surface area contributed by atoms with Gasteiger partial charge < -0.3 is 10.4 Å². The molecule has 1 aliphatic heterocycles. The molecule has 0 aliphatic carbocycles. The predicted octanol–water partition coefficient (Wildman–Crippen LogP) is 1.82. The second-order valence-electron chi connectivity index (χ2n) is 5.95. The van der Waals surface area contributed by atoms with Gasteiger partial charge in [0, 0.05) is 42.7 Å². The molecule has 3 rings (SSSR count). The number of hydrogen-bond donors (Lipinski definition) is 2. The number of carbonyl (C=O) groups is 2. The van der Waals surface area contributed by atoms with Crippen molar-refractivity contribution in [2.45, 2.75) is 26.3 Å². The quantitative estimate of drug-likeness (QED) is 0.875. The van der Waals surface area contributed by atoms with Crippen LogP contribution in [0.5, 0.6) is 0 Å². The van der Waals surface area contributed by atoms with E-state index in [1.807, 2.05) is 24.3 Å². The summed E-state index contributed by atoms with van der Waals surface area (Å²) in [4.78, 5) is 30.5. The number of nitrogens with zero attached hydrogens (tertiary/aromatic N) is 2. The Bertz CT molecular complexity index is 788. The number of rotatable bonds is 5. The molecule has 2 N–H and O–H groups in total. The SMILES string of the molecule is CCN1CCc2nc3ccccc3c(C(=O)NCCC(=O)O)c2C1. The van der Waals surface area contributed by atoms with Crippen LogP contribution in [0.3, 0.4) is 0 Å². The fraction of sp³-hybridized carbons (Fsp3) is 0.389. The fourth-order valence-corrected chi connectivity index (χ4v) is 3.15. The number of para-hydroxylation sites is 1. The van der Waals surface area contributed by atoms with E-state index in [0.717, 1.165) is 41.7 Å². The Kier molecular flexibility index (Phi) is 4.76. The summed E-state index contributed by atoms with van der Waals surface area (Å²) < 4.78 is 0. The molecule has 1 aromatic carbocycles. The number of benzene rings is 1. The molecular formula is C18H21N3O3. The minimum Gasteiger partial charge on any atom is -0.481 e. The molecule has 0 unspecified atom stereocenters. The van der Waals surface area contributed by atoms with E-state index in [1.165, 1.54) is 0 Å². The van der Waals surface area contributed by atoms with Gasteiger partial charge in [-0.3, -0.25) is 19.5 Å². The molecule has 0 saturated carbocycles. The third kappa shape index (κ3) is 3.23. The van der Waals surface area contributed by atoms with E-state index >= 15 is 0 Å². The molecule has 6 heteroatoms. The number of aliphatic carboxylic acids is 1. The normalized spacial score (nSPS) is 14.4. The Balaban J connectivity index is 2.03. The number of nitrogens with one attached hydrogen (secondary N) is 1. The third-order valence-corrected chi connectivity index (χ3v) is 4.42. The van der Waals surface area contributed by atoms with E-state index in [9.17, 15) is 9.59 Å². The number of carboxylic acid groups (broad SMARTS) is 1. The van der Waals surface area contributed by atoms with Gasteiger partial charge in [-0.15, -0.1) is 0 Å². The number of fused-ring (bicyclic) bond motifs is 2. The first kappa shape index (κ1) is 16.4. The second-order valence-corrected chi connectivity index (χ2v) is 5.95. The lowest BCUT2D eigenvalue weighted by Gasteiger charge is -2.29. The lowest BCUT2D eigenvalue weighted by atomic mass is 9.95. The average molecular weight is 327 g/mol. The van der Waals surface area contributed by atoms with Gasteiger partial charge in [0.15, 0.2) is 0 Å². The van der Waals surface area contributed by atoms with Crippen LogP contribution in [0.2, 0.25) is 0 Å². The van der Waals surface area contributed by atoms with Crippen LogP contribution in [0.4, 0.5) is 0 Å². The first-order valence-electron chi connectivity index (χ1n) is 8.23. The first-order valence-corrected chi connectivity index (χ1v) is 8.23. The summed E-state index contributed by atoms with van der Waals surface area (Å²) in [6, 6.07) is 7.62. The van der Waals surface area contributed by atoms with Gasteiger partial charge in [0.2, 0.25) is 0 Å². The highest BCUT2D eigenvalue weighted by molar-refractivity contribution is 6.07. The highest BCUT2D eigenvalue weighted by atomic mass is 16.4. The Hall–Kier alpha value is -2.47. The van der Waals surface area contributed by atoms with Gasteiger partial charge in [-0.05, 0) is 12.6 Å². The molecule has 0 radical (unpaired) electrons. The third-order valence-electron chi connectivity index (χ3n) is 4.42. The van der Waals surface area contributed by atoms with E-state index < -0.39 is 5.97 Å². The minimum absolute atomic E-state index is 0.0853. The van der Waals surface area contributed by atoms with Crippen molar-refractivity contribution < 1.29 is 14.7 Å². The Morgan fingerprint density at radius 2 is 2.12 bits per heavy atom. The fourth-order valence-electron chi connectivity index (χ4n) is 3.15. The van der Waals surface area contributed by atoms with Crippen LogP contribution in [0.15, 0.2) is 24.3 Å². The van der Waals surface area contributed by atoms with E-state index in [-0.39, 0.29) is 18.9 Å². The second kappa shape index (κ2) is 6.97. The van der Waals surface area contributed by atoms with Crippen molar-refractivity contribution in [1.29, 1.82) is 0 Å². The maximum absolute atomic E-state index is 12.8. The Morgan fingerprint density at radius 1 is 1.33 bits per heavy atom. The largest absolute Gasteiger partial charge is 0.481 e. The van der Waals surface area contributed by atoms with Crippen molar-refractivity contribution in [3.63, 3.8) is 0 Å². The zero-order chi connectivity index (χ0) is 17.1. The maximum Gasteiger partial charge on any atom is 0.305 e. The number of likely N-dealkylation sites (N-methyl/N-ethyl adjacent to an activating group) is 1. The van der Waals surface area contributed by atoms with Crippen molar-refractivity contribution in [2.75, 3.05) is 19.6 Å². The van der Waals surface area contributed by atoms with Crippen LogP contribution in [0.25, 0.3) is 10.9 Å². The Labute approximate surface area is 140 Å². The van der Waals surface area contributed by atoms with E-state index in [1.54, 1.807) is 0 Å². The standard InChI is InChI=1S/C18H21N3O3/c1-2-21-10-8-15-13(11-21)17(18(24)19-9-7-16(22)23)12-5-3-4-6-14(12)20-15/h3-6H,2,7-11H2,1H3,(H,19,24)(H,22,23). The summed E-state index contributed by atoms with van der Waals surface area (Å²) in [5, 5.41) is 12.3. The van der Waals surface area contributed by atoms with Gasteiger partial charge in [-0.2, -0.15) is 0 Å². The molecule has 0 spiro atoms. The van der Waals surface area contributed by atoms with Crippen LogP contribution in [-0.4, -0.2) is 46.5 Å². The zero-order valence-corrected chi connectivity index (χ0v) is 13.7. The maximum atomic E-state index is 12.8. The van der Waals surface area contributed by atoms with E-state index in [0.29, 0.717) is 12.1 Å². The van der Waals surface area contributed by atoms with Crippen LogP contribution in [-0.2, 0) is 17.8 Å². The summed E-state index contributed by atoms with van der Waals surface area (Å²) >= 11 is 0. The molecule has 1 amide bonds. The topological polar surface area (TPSA) is 82.5 Å². The first-order chi connectivity index (χ1) is 11.6. The van der Waals surface area contributed by atoms with Crippen molar-refractivity contribution in [1.82, 2.24) is 15.2 Å². The number of amides is 1. The van der Waals surface area contributed by atoms with Crippen molar-refractivity contribution in [3.05, 3.63) is 41.1 Å². The van der Waals surface area contributed by atoms with Gasteiger partial charge in [-0.1, -0.05) is 25.1 Å². The number of pyridine rings is 1. The summed E-state index contributed by atoms with van der Waals surface area (Å²) in [6.45, 7) is 4.79. The number of aromatic nitrogens is 1. The molecule has 2 heterocycles. The molecule has 1 aromatic heterocycles. The van der Waals surface area contributed by atoms with Gasteiger partial charge >= 0.3 is 5.97 Å². The highest BCUT2D eigenvalue weighted by Crippen LogP contribution is 2.28. The lowest BCUT2D eigenvalue weighted by Crippen LogP contribution is -2.34. The lowest BCUT2D eigenvalue weighted by molar-refractivity contribution is -0.136. The molecule has 6 nitrogen and oxygen atoms in total. The summed E-state index contributed by atoms with van der Waals surface area (Å²) in [7, 11) is 0. The molecule has 24 heavy (non-hydrogen) atoms. The minimum atomic E-state index is -0.922. The molecule has 0 fully saturated rings. The molecule has 126 valence electrons. The molecule has 2 aromatic rings. The monoisotopic (exact) mass is 327 g/mol. The molecule has 0 saturated heterocycles. The number of hydrogen-bond acceptors (Lipinski definition) is 4. The van der Waals surface area contributed by atoms with Gasteiger partial charge in [-0.25, -0.2) is 0 Å². The average Bonchev–Trinajstić information content (AvgIpc) is 2.58. The van der Waals surface area contributed by atoms with Crippen molar-refractivity contribution >= 4 is 22.8 Å².